The van der Waals surface area contributed by atoms with Gasteiger partial charge in [0, 0.05) is 56.8 Å². The number of rotatable bonds is 8. The largest absolute Gasteiger partial charge is 0.488 e. The number of fused-ring (bicyclic) bond motifs is 5. The van der Waals surface area contributed by atoms with Crippen molar-refractivity contribution < 1.29 is 14.3 Å². The molecule has 1 unspecified atom stereocenters. The zero-order valence-corrected chi connectivity index (χ0v) is 28.4. The van der Waals surface area contributed by atoms with Gasteiger partial charge in [-0.25, -0.2) is 9.97 Å². The van der Waals surface area contributed by atoms with Crippen LogP contribution in [0.3, 0.4) is 0 Å². The van der Waals surface area contributed by atoms with Gasteiger partial charge in [0.1, 0.15) is 30.3 Å². The number of hydrogen-bond acceptors (Lipinski definition) is 10. The van der Waals surface area contributed by atoms with Gasteiger partial charge in [-0.2, -0.15) is 5.10 Å². The van der Waals surface area contributed by atoms with E-state index in [2.05, 4.69) is 37.3 Å². The third-order valence-electron chi connectivity index (χ3n) is 8.01. The van der Waals surface area contributed by atoms with E-state index >= 15 is 0 Å². The molecule has 11 heteroatoms. The van der Waals surface area contributed by atoms with Crippen molar-refractivity contribution in [1.29, 1.82) is 0 Å². The maximum Gasteiger partial charge on any atom is 0.246 e. The summed E-state index contributed by atoms with van der Waals surface area (Å²) in [5, 5.41) is 10.4. The second-order valence-corrected chi connectivity index (χ2v) is 11.8. The van der Waals surface area contributed by atoms with Crippen LogP contribution in [-0.4, -0.2) is 96.4 Å². The van der Waals surface area contributed by atoms with Crippen molar-refractivity contribution in [3.8, 4) is 23.8 Å². The van der Waals surface area contributed by atoms with Gasteiger partial charge in [-0.15, -0.1) is 12.3 Å². The first kappa shape index (κ1) is 34.0. The fourth-order valence-corrected chi connectivity index (χ4v) is 5.63. The third-order valence-corrected chi connectivity index (χ3v) is 8.01. The molecule has 3 aliphatic rings. The lowest BCUT2D eigenvalue weighted by Gasteiger charge is -2.45. The van der Waals surface area contributed by atoms with Gasteiger partial charge in [0.25, 0.3) is 0 Å². The molecule has 1 atom stereocenters. The number of benzene rings is 2. The van der Waals surface area contributed by atoms with Gasteiger partial charge >= 0.3 is 0 Å². The summed E-state index contributed by atoms with van der Waals surface area (Å²) >= 11 is 0. The number of hydrazone groups is 1. The van der Waals surface area contributed by atoms with Gasteiger partial charge in [-0.05, 0) is 76.0 Å². The van der Waals surface area contributed by atoms with Crippen LogP contribution in [0.15, 0.2) is 78.0 Å². The molecule has 3 aromatic rings. The van der Waals surface area contributed by atoms with Crippen LogP contribution in [0.1, 0.15) is 25.8 Å². The number of nitrogens with one attached hydrogen (secondary N) is 1. The Morgan fingerprint density at radius 2 is 2.08 bits per heavy atom. The number of piperazine rings is 1. The van der Waals surface area contributed by atoms with E-state index in [9.17, 15) is 4.79 Å². The summed E-state index contributed by atoms with van der Waals surface area (Å²) in [5.41, 5.74) is 3.67. The average Bonchev–Trinajstić information content (AvgIpc) is 3.09. The van der Waals surface area contributed by atoms with E-state index < -0.39 is 0 Å². The number of anilines is 3. The van der Waals surface area contributed by atoms with Gasteiger partial charge in [0.2, 0.25) is 5.91 Å². The number of aromatic nitrogens is 2. The van der Waals surface area contributed by atoms with Crippen molar-refractivity contribution in [2.75, 3.05) is 63.6 Å². The summed E-state index contributed by atoms with van der Waals surface area (Å²) in [6, 6.07) is 10.1. The zero-order chi connectivity index (χ0) is 34.0. The van der Waals surface area contributed by atoms with Crippen molar-refractivity contribution in [1.82, 2.24) is 24.8 Å². The Morgan fingerprint density at radius 1 is 1.25 bits per heavy atom. The van der Waals surface area contributed by atoms with Crippen molar-refractivity contribution >= 4 is 40.2 Å². The summed E-state index contributed by atoms with van der Waals surface area (Å²) in [6.07, 6.45) is 18.3. The normalized spacial score (nSPS) is 17.0. The predicted octanol–water partition coefficient (Wildman–Crippen LogP) is 5.34. The quantitative estimate of drug-likeness (QED) is 0.197. The van der Waals surface area contributed by atoms with Crippen LogP contribution >= 0.6 is 0 Å². The Hall–Kier alpha value is -5.34. The fourth-order valence-electron chi connectivity index (χ4n) is 5.63. The molecule has 1 saturated heterocycles. The lowest BCUT2D eigenvalue weighted by Crippen LogP contribution is -2.58. The number of amides is 1. The fraction of sp³-hybridized carbons (Fsp3) is 0.351. The Balaban J connectivity index is 0.00000107. The highest BCUT2D eigenvalue weighted by molar-refractivity contribution is 6.00. The lowest BCUT2D eigenvalue weighted by atomic mass is 10.1. The molecule has 2 aromatic carbocycles. The maximum absolute atomic E-state index is 12.8. The molecule has 6 rings (SSSR count). The standard InChI is InChI=1S/C33H38N8O3.C4H6/c1-5-36-40-15-12-26(13-16-40)44-29-11-8-24(19-23(29)2)37-33-31-27(34-22-35-33)9-10-28-32(31)43-21-25-20-39(17-18-41(25)28)30(42)7-6-14-38(3)4;1-3-4-2/h5-13,15,19,22,25H,14,16-18,20-21H2,1-4H3,(H,34,35,37);1H,4H2,2H3/b7-6+,36-5-;. The molecule has 1 aromatic heterocycles. The van der Waals surface area contributed by atoms with E-state index in [1.807, 2.05) is 98.4 Å². The van der Waals surface area contributed by atoms with Crippen LogP contribution in [0.4, 0.5) is 17.2 Å². The summed E-state index contributed by atoms with van der Waals surface area (Å²) in [5.74, 6) is 5.48. The summed E-state index contributed by atoms with van der Waals surface area (Å²) in [4.78, 5) is 28.2. The lowest BCUT2D eigenvalue weighted by molar-refractivity contribution is -0.127. The number of allylic oxidation sites excluding steroid dienone is 1. The van der Waals surface area contributed by atoms with E-state index in [-0.39, 0.29) is 11.9 Å². The molecule has 0 spiro atoms. The zero-order valence-electron chi connectivity index (χ0n) is 28.4. The number of hydrogen-bond donors (Lipinski definition) is 1. The molecule has 1 N–H and O–H groups in total. The number of carbonyl (C=O) groups is 1. The van der Waals surface area contributed by atoms with Crippen molar-refractivity contribution in [2.24, 2.45) is 5.10 Å². The second-order valence-electron chi connectivity index (χ2n) is 11.8. The van der Waals surface area contributed by atoms with E-state index in [0.29, 0.717) is 32.1 Å². The van der Waals surface area contributed by atoms with Gasteiger partial charge in [-0.1, -0.05) is 13.0 Å². The molecule has 4 heterocycles. The number of likely N-dealkylation sites (N-methyl/N-ethyl adjacent to an activating group) is 1. The topological polar surface area (TPSA) is 98.7 Å². The van der Waals surface area contributed by atoms with E-state index in [0.717, 1.165) is 64.6 Å². The van der Waals surface area contributed by atoms with Gasteiger partial charge in [0.15, 0.2) is 5.75 Å². The molecule has 0 aliphatic carbocycles. The maximum atomic E-state index is 12.8. The summed E-state index contributed by atoms with van der Waals surface area (Å²) in [7, 11) is 3.97. The molecular formula is C37H44N8O3. The van der Waals surface area contributed by atoms with Gasteiger partial charge in [-0.3, -0.25) is 9.80 Å². The first-order valence-electron chi connectivity index (χ1n) is 16.2. The minimum Gasteiger partial charge on any atom is -0.488 e. The molecule has 0 saturated carbocycles. The van der Waals surface area contributed by atoms with Gasteiger partial charge in [0.05, 0.1) is 29.2 Å². The highest BCUT2D eigenvalue weighted by atomic mass is 16.5. The SMILES string of the molecule is C#CCC.C/C=N\N1C=CC(Oc2ccc(Nc3ncnc4ccc5c(c34)OCC3CN(C(=O)/C=C/CN(C)C)CCN53)cc2C)=CC1. The molecule has 0 bridgehead atoms. The minimum atomic E-state index is 0.0441. The number of terminal acetylenes is 1. The Morgan fingerprint density at radius 3 is 2.79 bits per heavy atom. The molecule has 1 fully saturated rings. The second kappa shape index (κ2) is 16.0. The van der Waals surface area contributed by atoms with Crippen LogP contribution in [0.2, 0.25) is 0 Å². The first-order valence-corrected chi connectivity index (χ1v) is 16.2. The number of aryl methyl sites for hydroxylation is 1. The molecule has 3 aliphatic heterocycles. The smallest absolute Gasteiger partial charge is 0.246 e. The van der Waals surface area contributed by atoms with E-state index in [4.69, 9.17) is 15.9 Å². The summed E-state index contributed by atoms with van der Waals surface area (Å²) in [6.45, 7) is 9.72. The van der Waals surface area contributed by atoms with Gasteiger partial charge < -0.3 is 29.5 Å². The van der Waals surface area contributed by atoms with Crippen LogP contribution in [0.5, 0.6) is 11.5 Å². The monoisotopic (exact) mass is 648 g/mol. The molecular weight excluding hydrogens is 604 g/mol. The number of nitrogens with zero attached hydrogens (tertiary/aromatic N) is 7. The highest BCUT2D eigenvalue weighted by Gasteiger charge is 2.35. The van der Waals surface area contributed by atoms with Crippen molar-refractivity contribution in [3.63, 3.8) is 0 Å². The average molecular weight is 649 g/mol. The van der Waals surface area contributed by atoms with Crippen LogP contribution in [-0.2, 0) is 4.79 Å². The Labute approximate surface area is 283 Å². The van der Waals surface area contributed by atoms with Crippen molar-refractivity contribution in [3.05, 3.63) is 78.5 Å². The third kappa shape index (κ3) is 8.14. The predicted molar refractivity (Wildman–Crippen MR) is 193 cm³/mol. The Kier molecular flexibility index (Phi) is 11.3. The highest BCUT2D eigenvalue weighted by Crippen LogP contribution is 2.43. The summed E-state index contributed by atoms with van der Waals surface area (Å²) < 4.78 is 12.6. The molecule has 1 amide bonds. The molecule has 11 nitrogen and oxygen atoms in total. The van der Waals surface area contributed by atoms with Crippen LogP contribution in [0, 0.1) is 19.3 Å². The minimum absolute atomic E-state index is 0.0441. The van der Waals surface area contributed by atoms with E-state index in [1.165, 1.54) is 0 Å². The van der Waals surface area contributed by atoms with Crippen molar-refractivity contribution in [2.45, 2.75) is 33.2 Å². The molecule has 48 heavy (non-hydrogen) atoms. The molecule has 0 radical (unpaired) electrons. The van der Waals surface area contributed by atoms with E-state index in [1.54, 1.807) is 18.6 Å². The first-order chi connectivity index (χ1) is 23.3. The Bertz CT molecular complexity index is 1770. The molecule has 250 valence electrons. The van der Waals surface area contributed by atoms with Crippen LogP contribution in [0.25, 0.3) is 10.9 Å². The van der Waals surface area contributed by atoms with Crippen LogP contribution < -0.4 is 19.7 Å². The number of ether oxygens (including phenoxy) is 2. The number of carbonyl (C=O) groups excluding carboxylic acids is 1.